The number of ether oxygens (including phenoxy) is 3. The van der Waals surface area contributed by atoms with E-state index >= 15 is 0 Å². The Balaban J connectivity index is 1.46. The number of alkyl carbamates (subject to hydrolysis) is 1. The van der Waals surface area contributed by atoms with Gasteiger partial charge in [-0.25, -0.2) is 17.9 Å². The average molecular weight is 515 g/mol. The molecule has 0 saturated heterocycles. The van der Waals surface area contributed by atoms with Crippen molar-refractivity contribution < 1.29 is 27.4 Å². The lowest BCUT2D eigenvalue weighted by Gasteiger charge is -2.34. The van der Waals surface area contributed by atoms with E-state index in [4.69, 9.17) is 14.2 Å². The summed E-state index contributed by atoms with van der Waals surface area (Å²) in [5.74, 6) is 1.23. The number of aromatic nitrogens is 2. The van der Waals surface area contributed by atoms with Crippen molar-refractivity contribution in [2.24, 2.45) is 7.05 Å². The number of nitrogens with one attached hydrogen (secondary N) is 2. The van der Waals surface area contributed by atoms with Crippen LogP contribution in [0, 0.1) is 0 Å². The molecule has 2 N–H and O–H groups in total. The minimum Gasteiger partial charge on any atom is -0.492 e. The number of rotatable bonds is 10. The highest BCUT2D eigenvalue weighted by Crippen LogP contribution is 2.38. The van der Waals surface area contributed by atoms with E-state index in [1.165, 1.54) is 17.1 Å². The molecule has 3 aromatic rings. The van der Waals surface area contributed by atoms with Crippen LogP contribution in [-0.2, 0) is 28.2 Å². The Bertz CT molecular complexity index is 1280. The standard InChI is InChI=1S/C25H30N4O6S/c1-3-33-25(30)28-23-17-35-24-10-9-19(14-22(24)21(23)13-18-7-5-4-6-8-18)34-12-11-27-36(31,32)20-15-26-29(2)16-20/h4-10,14-16,21,23,27H,3,11-13,17H2,1-2H3,(H,28,30). The molecule has 1 aromatic heterocycles. The molecule has 1 aliphatic heterocycles. The predicted octanol–water partition coefficient (Wildman–Crippen LogP) is 2.61. The maximum atomic E-state index is 12.4. The lowest BCUT2D eigenvalue weighted by molar-refractivity contribution is 0.135. The third kappa shape index (κ3) is 6.35. The van der Waals surface area contributed by atoms with Gasteiger partial charge in [-0.2, -0.15) is 5.10 Å². The predicted molar refractivity (Wildman–Crippen MR) is 133 cm³/mol. The van der Waals surface area contributed by atoms with Crippen LogP contribution in [0.5, 0.6) is 11.5 Å². The van der Waals surface area contributed by atoms with Gasteiger partial charge in [0.2, 0.25) is 10.0 Å². The molecule has 4 rings (SSSR count). The van der Waals surface area contributed by atoms with Crippen LogP contribution in [0.4, 0.5) is 4.79 Å². The van der Waals surface area contributed by atoms with Gasteiger partial charge in [0.25, 0.3) is 0 Å². The number of fused-ring (bicyclic) bond motifs is 1. The van der Waals surface area contributed by atoms with Crippen LogP contribution in [0.2, 0.25) is 0 Å². The van der Waals surface area contributed by atoms with Crippen molar-refractivity contribution in [3.8, 4) is 11.5 Å². The normalized spacial score (nSPS) is 17.1. The quantitative estimate of drug-likeness (QED) is 0.399. The minimum atomic E-state index is -3.66. The highest BCUT2D eigenvalue weighted by atomic mass is 32.2. The molecule has 2 atom stereocenters. The van der Waals surface area contributed by atoms with Crippen molar-refractivity contribution in [3.63, 3.8) is 0 Å². The molecule has 11 heteroatoms. The van der Waals surface area contributed by atoms with Crippen LogP contribution in [-0.4, -0.2) is 56.7 Å². The van der Waals surface area contributed by atoms with Crippen molar-refractivity contribution >= 4 is 16.1 Å². The van der Waals surface area contributed by atoms with Crippen LogP contribution in [0.1, 0.15) is 24.0 Å². The summed E-state index contributed by atoms with van der Waals surface area (Å²) in [6.45, 7) is 2.58. The summed E-state index contributed by atoms with van der Waals surface area (Å²) in [5.41, 5.74) is 2.03. The number of aryl methyl sites for hydroxylation is 1. The van der Waals surface area contributed by atoms with Crippen LogP contribution < -0.4 is 19.5 Å². The first-order valence-corrected chi connectivity index (χ1v) is 13.2. The van der Waals surface area contributed by atoms with Gasteiger partial charge in [0, 0.05) is 31.3 Å². The van der Waals surface area contributed by atoms with Gasteiger partial charge in [0.15, 0.2) is 0 Å². The summed E-state index contributed by atoms with van der Waals surface area (Å²) >= 11 is 0. The number of hydrogen-bond donors (Lipinski definition) is 2. The van der Waals surface area contributed by atoms with E-state index in [0.29, 0.717) is 18.8 Å². The van der Waals surface area contributed by atoms with E-state index in [0.717, 1.165) is 16.9 Å². The molecule has 36 heavy (non-hydrogen) atoms. The topological polar surface area (TPSA) is 121 Å². The summed E-state index contributed by atoms with van der Waals surface area (Å²) in [6, 6.07) is 15.2. The van der Waals surface area contributed by atoms with E-state index in [-0.39, 0.29) is 36.6 Å². The van der Waals surface area contributed by atoms with E-state index < -0.39 is 16.1 Å². The van der Waals surface area contributed by atoms with E-state index in [1.807, 2.05) is 42.5 Å². The average Bonchev–Trinajstić information content (AvgIpc) is 3.31. The summed E-state index contributed by atoms with van der Waals surface area (Å²) in [7, 11) is -2.01. The smallest absolute Gasteiger partial charge is 0.407 e. The summed E-state index contributed by atoms with van der Waals surface area (Å²) in [4.78, 5) is 12.3. The van der Waals surface area contributed by atoms with Gasteiger partial charge in [-0.3, -0.25) is 4.68 Å². The molecule has 192 valence electrons. The Labute approximate surface area is 210 Å². The molecule has 1 amide bonds. The molecule has 0 bridgehead atoms. The third-order valence-corrected chi connectivity index (χ3v) is 7.23. The van der Waals surface area contributed by atoms with E-state index in [2.05, 4.69) is 15.1 Å². The van der Waals surface area contributed by atoms with E-state index in [9.17, 15) is 13.2 Å². The largest absolute Gasteiger partial charge is 0.492 e. The van der Waals surface area contributed by atoms with Crippen LogP contribution in [0.15, 0.2) is 65.8 Å². The number of carbonyl (C=O) groups excluding carboxylic acids is 1. The molecule has 0 aliphatic carbocycles. The molecule has 1 aliphatic rings. The highest BCUT2D eigenvalue weighted by molar-refractivity contribution is 7.89. The molecule has 0 radical (unpaired) electrons. The van der Waals surface area contributed by atoms with Crippen LogP contribution >= 0.6 is 0 Å². The fraction of sp³-hybridized carbons (Fsp3) is 0.360. The fourth-order valence-electron chi connectivity index (χ4n) is 4.10. The van der Waals surface area contributed by atoms with Gasteiger partial charge >= 0.3 is 6.09 Å². The minimum absolute atomic E-state index is 0.0758. The lowest BCUT2D eigenvalue weighted by atomic mass is 9.84. The number of amides is 1. The number of carbonyl (C=O) groups is 1. The summed E-state index contributed by atoms with van der Waals surface area (Å²) < 4.78 is 45.5. The molecule has 0 spiro atoms. The molecule has 2 heterocycles. The molecular formula is C25H30N4O6S. The number of nitrogens with zero attached hydrogens (tertiary/aromatic N) is 2. The molecule has 2 unspecified atom stereocenters. The molecule has 10 nitrogen and oxygen atoms in total. The molecule has 2 aromatic carbocycles. The van der Waals surface area contributed by atoms with Crippen molar-refractivity contribution in [2.45, 2.75) is 30.2 Å². The number of hydrogen-bond acceptors (Lipinski definition) is 7. The Hall–Kier alpha value is -3.57. The van der Waals surface area contributed by atoms with Crippen molar-refractivity contribution in [1.82, 2.24) is 19.8 Å². The lowest BCUT2D eigenvalue weighted by Crippen LogP contribution is -2.46. The summed E-state index contributed by atoms with van der Waals surface area (Å²) in [5, 5.41) is 6.82. The number of sulfonamides is 1. The van der Waals surface area contributed by atoms with Crippen molar-refractivity contribution in [3.05, 3.63) is 72.1 Å². The second-order valence-electron chi connectivity index (χ2n) is 8.37. The van der Waals surface area contributed by atoms with Gasteiger partial charge in [-0.1, -0.05) is 30.3 Å². The third-order valence-electron chi connectivity index (χ3n) is 5.82. The first-order chi connectivity index (χ1) is 17.4. The van der Waals surface area contributed by atoms with Gasteiger partial charge < -0.3 is 19.5 Å². The van der Waals surface area contributed by atoms with Gasteiger partial charge in [-0.05, 0) is 37.1 Å². The SMILES string of the molecule is CCOC(=O)NC1COc2ccc(OCCNS(=O)(=O)c3cnn(C)c3)cc2C1Cc1ccccc1. The van der Waals surface area contributed by atoms with Gasteiger partial charge in [0.05, 0.1) is 18.8 Å². The maximum absolute atomic E-state index is 12.4. The Morgan fingerprint density at radius 1 is 1.22 bits per heavy atom. The molecule has 0 fully saturated rings. The van der Waals surface area contributed by atoms with Crippen LogP contribution in [0.25, 0.3) is 0 Å². The highest BCUT2D eigenvalue weighted by Gasteiger charge is 2.33. The molecular weight excluding hydrogens is 484 g/mol. The Morgan fingerprint density at radius 2 is 2.03 bits per heavy atom. The van der Waals surface area contributed by atoms with E-state index in [1.54, 1.807) is 20.0 Å². The maximum Gasteiger partial charge on any atom is 0.407 e. The first-order valence-electron chi connectivity index (χ1n) is 11.7. The zero-order chi connectivity index (χ0) is 25.5. The zero-order valence-corrected chi connectivity index (χ0v) is 21.0. The van der Waals surface area contributed by atoms with Gasteiger partial charge in [-0.15, -0.1) is 0 Å². The zero-order valence-electron chi connectivity index (χ0n) is 20.2. The first kappa shape index (κ1) is 25.5. The Morgan fingerprint density at radius 3 is 2.75 bits per heavy atom. The van der Waals surface area contributed by atoms with Gasteiger partial charge in [0.1, 0.15) is 29.6 Å². The van der Waals surface area contributed by atoms with Crippen LogP contribution in [0.3, 0.4) is 0 Å². The monoisotopic (exact) mass is 514 g/mol. The second kappa shape index (κ2) is 11.4. The Kier molecular flexibility index (Phi) is 8.11. The van der Waals surface area contributed by atoms with Crippen molar-refractivity contribution in [1.29, 1.82) is 0 Å². The summed E-state index contributed by atoms with van der Waals surface area (Å²) in [6.07, 6.45) is 2.92. The fourth-order valence-corrected chi connectivity index (χ4v) is 5.10. The second-order valence-corrected chi connectivity index (χ2v) is 10.1. The molecule has 0 saturated carbocycles. The van der Waals surface area contributed by atoms with Crippen molar-refractivity contribution in [2.75, 3.05) is 26.4 Å². The number of benzene rings is 2.